The lowest BCUT2D eigenvalue weighted by Gasteiger charge is -2.32. The molecule has 2 aliphatic rings. The summed E-state index contributed by atoms with van der Waals surface area (Å²) in [6.45, 7) is 6.83. The van der Waals surface area contributed by atoms with Crippen LogP contribution >= 0.6 is 0 Å². The topological polar surface area (TPSA) is 16.4 Å². The van der Waals surface area contributed by atoms with Crippen LogP contribution < -0.4 is 4.90 Å². The Bertz CT molecular complexity index is 2890. The molecule has 11 rings (SSSR count). The van der Waals surface area contributed by atoms with Gasteiger partial charge < -0.3 is 9.32 Å². The van der Waals surface area contributed by atoms with Gasteiger partial charge in [0, 0.05) is 22.3 Å². The molecule has 1 spiro atoms. The van der Waals surface area contributed by atoms with Crippen molar-refractivity contribution < 1.29 is 4.42 Å². The molecule has 0 N–H and O–H groups in total. The molecule has 2 aliphatic carbocycles. The molecule has 252 valence electrons. The van der Waals surface area contributed by atoms with E-state index in [0.717, 1.165) is 39.0 Å². The Morgan fingerprint density at radius 1 is 0.491 bits per heavy atom. The molecule has 0 saturated carbocycles. The fourth-order valence-corrected chi connectivity index (χ4v) is 9.46. The number of rotatable bonds is 3. The zero-order chi connectivity index (χ0) is 35.5. The minimum Gasteiger partial charge on any atom is -0.455 e. The van der Waals surface area contributed by atoms with E-state index < -0.39 is 5.41 Å². The molecule has 2 heteroatoms. The molecule has 2 nitrogen and oxygen atoms in total. The number of furan rings is 1. The van der Waals surface area contributed by atoms with E-state index in [1.165, 1.54) is 60.8 Å². The van der Waals surface area contributed by atoms with E-state index in [9.17, 15) is 0 Å². The first-order valence-corrected chi connectivity index (χ1v) is 18.6. The second-order valence-corrected chi connectivity index (χ2v) is 15.7. The molecular weight excluding hydrogens is 643 g/mol. The first-order chi connectivity index (χ1) is 25.9. The first-order valence-electron chi connectivity index (χ1n) is 18.6. The van der Waals surface area contributed by atoms with Gasteiger partial charge in [0.1, 0.15) is 11.2 Å². The maximum absolute atomic E-state index is 7.10. The van der Waals surface area contributed by atoms with Gasteiger partial charge in [-0.3, -0.25) is 0 Å². The third-order valence-corrected chi connectivity index (χ3v) is 11.8. The highest BCUT2D eigenvalue weighted by Crippen LogP contribution is 2.65. The third kappa shape index (κ3) is 4.09. The van der Waals surface area contributed by atoms with Crippen molar-refractivity contribution >= 4 is 49.8 Å². The highest BCUT2D eigenvalue weighted by molar-refractivity contribution is 6.19. The van der Waals surface area contributed by atoms with Crippen LogP contribution in [0.4, 0.5) is 17.1 Å². The zero-order valence-electron chi connectivity index (χ0n) is 30.0. The van der Waals surface area contributed by atoms with E-state index >= 15 is 0 Å². The van der Waals surface area contributed by atoms with Crippen LogP contribution in [0.25, 0.3) is 55.0 Å². The van der Waals surface area contributed by atoms with Crippen LogP contribution in [0.2, 0.25) is 0 Å². The van der Waals surface area contributed by atoms with Crippen LogP contribution in [0.5, 0.6) is 0 Å². The van der Waals surface area contributed by atoms with Crippen molar-refractivity contribution in [1.82, 2.24) is 0 Å². The van der Waals surface area contributed by atoms with Crippen molar-refractivity contribution in [3.05, 3.63) is 198 Å². The molecule has 53 heavy (non-hydrogen) atoms. The molecular formula is C51H37NO. The average Bonchev–Trinajstić information content (AvgIpc) is 3.82. The summed E-state index contributed by atoms with van der Waals surface area (Å²) in [7, 11) is 0. The van der Waals surface area contributed by atoms with Crippen LogP contribution in [0.15, 0.2) is 174 Å². The molecule has 0 amide bonds. The van der Waals surface area contributed by atoms with E-state index in [1.807, 2.05) is 0 Å². The van der Waals surface area contributed by atoms with Gasteiger partial charge in [0.05, 0.1) is 16.5 Å². The van der Waals surface area contributed by atoms with Gasteiger partial charge >= 0.3 is 0 Å². The minimum absolute atomic E-state index is 0.0370. The number of fused-ring (bicyclic) bond motifs is 15. The van der Waals surface area contributed by atoms with Gasteiger partial charge in [-0.05, 0) is 97.1 Å². The van der Waals surface area contributed by atoms with Crippen LogP contribution in [0.1, 0.15) is 48.6 Å². The van der Waals surface area contributed by atoms with Crippen molar-refractivity contribution in [2.24, 2.45) is 0 Å². The lowest BCUT2D eigenvalue weighted by atomic mass is 9.70. The molecule has 0 saturated heterocycles. The quantitative estimate of drug-likeness (QED) is 0.185. The molecule has 8 aromatic carbocycles. The van der Waals surface area contributed by atoms with E-state index in [2.05, 4.69) is 196 Å². The normalized spacial score (nSPS) is 13.7. The summed E-state index contributed by atoms with van der Waals surface area (Å²) in [5.74, 6) is 0. The molecule has 0 atom stereocenters. The maximum atomic E-state index is 7.10. The number of benzene rings is 8. The van der Waals surface area contributed by atoms with E-state index in [-0.39, 0.29) is 5.41 Å². The standard InChI is InChI=1S/C51H37NO/c1-50(2,3)34-25-28-35(29-26-34)52(36-27-24-32-14-4-5-15-33(32)30-36)45-31-44-47(49-48(45)40-19-9-13-23-46(40)53-49)39-18-8-12-22-43(39)51(44)41-20-10-6-16-37(41)38-17-7-11-21-42(38)51/h4-31H,1-3H3. The Kier molecular flexibility index (Phi) is 6.18. The van der Waals surface area contributed by atoms with Gasteiger partial charge in [-0.15, -0.1) is 0 Å². The molecule has 0 fully saturated rings. The van der Waals surface area contributed by atoms with Crippen LogP contribution in [-0.2, 0) is 10.8 Å². The molecule has 1 heterocycles. The summed E-state index contributed by atoms with van der Waals surface area (Å²) < 4.78 is 7.10. The Morgan fingerprint density at radius 3 is 1.75 bits per heavy atom. The van der Waals surface area contributed by atoms with Gasteiger partial charge in [-0.25, -0.2) is 0 Å². The number of hydrogen-bond acceptors (Lipinski definition) is 2. The van der Waals surface area contributed by atoms with E-state index in [4.69, 9.17) is 4.42 Å². The van der Waals surface area contributed by atoms with E-state index in [1.54, 1.807) is 0 Å². The van der Waals surface area contributed by atoms with Gasteiger partial charge in [-0.2, -0.15) is 0 Å². The highest BCUT2D eigenvalue weighted by Gasteiger charge is 2.53. The average molecular weight is 680 g/mol. The summed E-state index contributed by atoms with van der Waals surface area (Å²) in [6.07, 6.45) is 0. The number of nitrogens with zero attached hydrogens (tertiary/aromatic N) is 1. The van der Waals surface area contributed by atoms with Crippen molar-refractivity contribution in [3.8, 4) is 22.3 Å². The lowest BCUT2D eigenvalue weighted by Crippen LogP contribution is -2.26. The lowest BCUT2D eigenvalue weighted by molar-refractivity contribution is 0.590. The summed E-state index contributed by atoms with van der Waals surface area (Å²) in [6, 6.07) is 62.7. The SMILES string of the molecule is CC(C)(C)c1ccc(N(c2ccc3ccccc3c2)c2cc3c(c4oc5ccccc5c24)-c2ccccc2C32c3ccccc3-c3ccccc32)cc1. The molecule has 9 aromatic rings. The molecule has 1 aromatic heterocycles. The highest BCUT2D eigenvalue weighted by atomic mass is 16.3. The van der Waals surface area contributed by atoms with Crippen molar-refractivity contribution in [2.45, 2.75) is 31.6 Å². The Balaban J connectivity index is 1.31. The molecule has 0 unspecified atom stereocenters. The van der Waals surface area contributed by atoms with Gasteiger partial charge in [0.25, 0.3) is 0 Å². The first kappa shape index (κ1) is 30.3. The van der Waals surface area contributed by atoms with Crippen LogP contribution in [0, 0.1) is 0 Å². The summed E-state index contributed by atoms with van der Waals surface area (Å²) in [4.78, 5) is 2.47. The Labute approximate surface area is 309 Å². The predicted molar refractivity (Wildman–Crippen MR) is 221 cm³/mol. The summed E-state index contributed by atoms with van der Waals surface area (Å²) in [5.41, 5.74) is 16.2. The summed E-state index contributed by atoms with van der Waals surface area (Å²) >= 11 is 0. The smallest absolute Gasteiger partial charge is 0.145 e. The predicted octanol–water partition coefficient (Wildman–Crippen LogP) is 13.8. The Hall–Kier alpha value is -6.38. The fraction of sp³-hybridized carbons (Fsp3) is 0.0980. The minimum atomic E-state index is -0.508. The van der Waals surface area contributed by atoms with Gasteiger partial charge in [0.15, 0.2) is 0 Å². The monoisotopic (exact) mass is 679 g/mol. The number of hydrogen-bond donors (Lipinski definition) is 0. The second-order valence-electron chi connectivity index (χ2n) is 15.7. The van der Waals surface area contributed by atoms with E-state index in [0.29, 0.717) is 0 Å². The third-order valence-electron chi connectivity index (χ3n) is 11.8. The van der Waals surface area contributed by atoms with Crippen LogP contribution in [-0.4, -0.2) is 0 Å². The largest absolute Gasteiger partial charge is 0.455 e. The van der Waals surface area contributed by atoms with Crippen molar-refractivity contribution in [1.29, 1.82) is 0 Å². The summed E-state index contributed by atoms with van der Waals surface area (Å²) in [5, 5.41) is 4.67. The maximum Gasteiger partial charge on any atom is 0.145 e. The number of anilines is 3. The number of para-hydroxylation sites is 1. The van der Waals surface area contributed by atoms with Crippen molar-refractivity contribution in [3.63, 3.8) is 0 Å². The zero-order valence-corrected chi connectivity index (χ0v) is 30.0. The Morgan fingerprint density at radius 2 is 1.06 bits per heavy atom. The molecule has 0 bridgehead atoms. The second kappa shape index (κ2) is 10.8. The van der Waals surface area contributed by atoms with Gasteiger partial charge in [-0.1, -0.05) is 154 Å². The fourth-order valence-electron chi connectivity index (χ4n) is 9.46. The molecule has 0 radical (unpaired) electrons. The van der Waals surface area contributed by atoms with Crippen molar-refractivity contribution in [2.75, 3.05) is 4.90 Å². The van der Waals surface area contributed by atoms with Gasteiger partial charge in [0.2, 0.25) is 0 Å². The van der Waals surface area contributed by atoms with Crippen LogP contribution in [0.3, 0.4) is 0 Å². The molecule has 0 aliphatic heterocycles.